The number of nitrogens with zero attached hydrogens (tertiary/aromatic N) is 4. The predicted octanol–water partition coefficient (Wildman–Crippen LogP) is 1.48. The number of nitrogen functional groups attached to an aromatic ring is 1. The highest BCUT2D eigenvalue weighted by Gasteiger charge is 2.32. The van der Waals surface area contributed by atoms with Gasteiger partial charge in [0.25, 0.3) is 0 Å². The Kier molecular flexibility index (Phi) is 2.78. The summed E-state index contributed by atoms with van der Waals surface area (Å²) >= 11 is 0. The molecule has 3 rings (SSSR count). The molecule has 1 unspecified atom stereocenters. The normalized spacial score (nSPS) is 23.5. The van der Waals surface area contributed by atoms with Gasteiger partial charge in [-0.05, 0) is 26.2 Å². The predicted molar refractivity (Wildman–Crippen MR) is 73.9 cm³/mol. The van der Waals surface area contributed by atoms with Gasteiger partial charge in [0, 0.05) is 13.7 Å². The maximum atomic E-state index is 6.08. The number of nitrogens with two attached hydrogens (primary N) is 1. The van der Waals surface area contributed by atoms with Crippen molar-refractivity contribution in [2.75, 3.05) is 12.3 Å². The number of imidazole rings is 1. The Labute approximate surface area is 112 Å². The van der Waals surface area contributed by atoms with Crippen LogP contribution in [0.5, 0.6) is 0 Å². The largest absolute Gasteiger partial charge is 0.373 e. The lowest BCUT2D eigenvalue weighted by atomic mass is 10.0. The zero-order valence-electron chi connectivity index (χ0n) is 11.8. The van der Waals surface area contributed by atoms with Crippen LogP contribution < -0.4 is 5.73 Å². The van der Waals surface area contributed by atoms with Crippen molar-refractivity contribution in [1.29, 1.82) is 0 Å². The highest BCUT2D eigenvalue weighted by atomic mass is 16.5. The number of hydrogen-bond acceptors (Lipinski definition) is 4. The van der Waals surface area contributed by atoms with E-state index < -0.39 is 0 Å². The molecular formula is C13H21N5O. The molecule has 0 amide bonds. The average molecular weight is 263 g/mol. The molecule has 0 aliphatic carbocycles. The number of anilines is 1. The van der Waals surface area contributed by atoms with Gasteiger partial charge in [-0.3, -0.25) is 9.25 Å². The molecule has 6 heteroatoms. The first-order valence-electron chi connectivity index (χ1n) is 6.85. The molecule has 2 aromatic heterocycles. The zero-order valence-corrected chi connectivity index (χ0v) is 11.8. The highest BCUT2D eigenvalue weighted by Crippen LogP contribution is 2.30. The Hall–Kier alpha value is -1.56. The number of aryl methyl sites for hydroxylation is 2. The van der Waals surface area contributed by atoms with E-state index in [0.717, 1.165) is 49.3 Å². The van der Waals surface area contributed by atoms with Crippen LogP contribution in [0.1, 0.15) is 32.4 Å². The Bertz CT molecular complexity index is 606. The average Bonchev–Trinajstić information content (AvgIpc) is 3.00. The Morgan fingerprint density at radius 1 is 1.47 bits per heavy atom. The Balaban J connectivity index is 2.07. The first-order chi connectivity index (χ1) is 9.04. The van der Waals surface area contributed by atoms with Crippen LogP contribution in [0.3, 0.4) is 0 Å². The molecule has 19 heavy (non-hydrogen) atoms. The summed E-state index contributed by atoms with van der Waals surface area (Å²) in [4.78, 5) is 4.48. The molecule has 0 saturated carbocycles. The van der Waals surface area contributed by atoms with Gasteiger partial charge in [0.2, 0.25) is 5.95 Å². The lowest BCUT2D eigenvalue weighted by Crippen LogP contribution is -2.30. The van der Waals surface area contributed by atoms with Crippen molar-refractivity contribution in [2.24, 2.45) is 7.05 Å². The lowest BCUT2D eigenvalue weighted by molar-refractivity contribution is 0.00730. The van der Waals surface area contributed by atoms with Gasteiger partial charge >= 0.3 is 0 Å². The standard InChI is InChI=1S/C13H21N5O/c1-4-9-10-11(17(3)16-9)18(12(14)15-10)8-13(2)6-5-7-19-13/h4-8H2,1-3H3,(H2,14,15). The molecule has 2 aromatic rings. The van der Waals surface area contributed by atoms with E-state index in [2.05, 4.69) is 23.9 Å². The summed E-state index contributed by atoms with van der Waals surface area (Å²) in [5.41, 5.74) is 8.85. The van der Waals surface area contributed by atoms with Gasteiger partial charge in [0.05, 0.1) is 17.8 Å². The third-order valence-corrected chi connectivity index (χ3v) is 3.95. The zero-order chi connectivity index (χ0) is 13.6. The van der Waals surface area contributed by atoms with Gasteiger partial charge in [-0.1, -0.05) is 6.92 Å². The van der Waals surface area contributed by atoms with Gasteiger partial charge in [-0.2, -0.15) is 5.10 Å². The van der Waals surface area contributed by atoms with Crippen LogP contribution in [0.15, 0.2) is 0 Å². The van der Waals surface area contributed by atoms with Crippen molar-refractivity contribution >= 4 is 17.1 Å². The molecule has 3 heterocycles. The number of hydrogen-bond donors (Lipinski definition) is 1. The van der Waals surface area contributed by atoms with E-state index in [1.165, 1.54) is 0 Å². The maximum Gasteiger partial charge on any atom is 0.202 e. The molecule has 1 saturated heterocycles. The molecule has 104 valence electrons. The second-order valence-electron chi connectivity index (χ2n) is 5.55. The van der Waals surface area contributed by atoms with E-state index in [0.29, 0.717) is 5.95 Å². The molecule has 1 fully saturated rings. The Morgan fingerprint density at radius 2 is 2.26 bits per heavy atom. The van der Waals surface area contributed by atoms with Crippen LogP contribution in [0, 0.1) is 0 Å². The van der Waals surface area contributed by atoms with E-state index in [-0.39, 0.29) is 5.60 Å². The molecule has 0 radical (unpaired) electrons. The van der Waals surface area contributed by atoms with E-state index in [4.69, 9.17) is 10.5 Å². The van der Waals surface area contributed by atoms with Crippen molar-refractivity contribution in [3.05, 3.63) is 5.69 Å². The molecule has 0 bridgehead atoms. The summed E-state index contributed by atoms with van der Waals surface area (Å²) in [7, 11) is 1.94. The fourth-order valence-electron chi connectivity index (χ4n) is 2.95. The summed E-state index contributed by atoms with van der Waals surface area (Å²) in [6, 6.07) is 0. The van der Waals surface area contributed by atoms with E-state index in [9.17, 15) is 0 Å². The van der Waals surface area contributed by atoms with Crippen molar-refractivity contribution in [3.63, 3.8) is 0 Å². The second kappa shape index (κ2) is 4.23. The van der Waals surface area contributed by atoms with Crippen LogP contribution in [0.25, 0.3) is 11.2 Å². The molecule has 0 aromatic carbocycles. The van der Waals surface area contributed by atoms with Gasteiger partial charge in [-0.25, -0.2) is 4.98 Å². The lowest BCUT2D eigenvalue weighted by Gasteiger charge is -2.24. The fourth-order valence-corrected chi connectivity index (χ4v) is 2.95. The minimum atomic E-state index is -0.140. The smallest absolute Gasteiger partial charge is 0.202 e. The second-order valence-corrected chi connectivity index (χ2v) is 5.55. The van der Waals surface area contributed by atoms with Crippen LogP contribution in [0.2, 0.25) is 0 Å². The van der Waals surface area contributed by atoms with Crippen LogP contribution in [-0.4, -0.2) is 31.5 Å². The first kappa shape index (κ1) is 12.5. The summed E-state index contributed by atoms with van der Waals surface area (Å²) in [6.45, 7) is 5.79. The van der Waals surface area contributed by atoms with Gasteiger partial charge < -0.3 is 10.5 Å². The van der Waals surface area contributed by atoms with Crippen LogP contribution in [0.4, 0.5) is 5.95 Å². The molecule has 0 spiro atoms. The van der Waals surface area contributed by atoms with Crippen molar-refractivity contribution < 1.29 is 4.74 Å². The molecule has 1 aliphatic heterocycles. The number of rotatable bonds is 3. The maximum absolute atomic E-state index is 6.08. The summed E-state index contributed by atoms with van der Waals surface area (Å²) in [6.07, 6.45) is 3.03. The van der Waals surface area contributed by atoms with Crippen molar-refractivity contribution in [3.8, 4) is 0 Å². The van der Waals surface area contributed by atoms with Gasteiger partial charge in [0.1, 0.15) is 5.52 Å². The van der Waals surface area contributed by atoms with Gasteiger partial charge in [-0.15, -0.1) is 0 Å². The molecular weight excluding hydrogens is 242 g/mol. The topological polar surface area (TPSA) is 70.9 Å². The summed E-state index contributed by atoms with van der Waals surface area (Å²) in [5.74, 6) is 0.550. The highest BCUT2D eigenvalue weighted by molar-refractivity contribution is 5.77. The SMILES string of the molecule is CCc1nn(C)c2c1nc(N)n2CC1(C)CCCO1. The molecule has 6 nitrogen and oxygen atoms in total. The third kappa shape index (κ3) is 1.90. The minimum Gasteiger partial charge on any atom is -0.373 e. The summed E-state index contributed by atoms with van der Waals surface area (Å²) in [5, 5.41) is 4.50. The van der Waals surface area contributed by atoms with Crippen LogP contribution >= 0.6 is 0 Å². The van der Waals surface area contributed by atoms with E-state index in [1.54, 1.807) is 0 Å². The minimum absolute atomic E-state index is 0.140. The van der Waals surface area contributed by atoms with Crippen LogP contribution in [-0.2, 0) is 24.8 Å². The molecule has 1 atom stereocenters. The van der Waals surface area contributed by atoms with E-state index in [1.807, 2.05) is 16.3 Å². The number of aromatic nitrogens is 4. The molecule has 2 N–H and O–H groups in total. The molecule has 1 aliphatic rings. The first-order valence-corrected chi connectivity index (χ1v) is 6.85. The van der Waals surface area contributed by atoms with E-state index >= 15 is 0 Å². The van der Waals surface area contributed by atoms with Crippen molar-refractivity contribution in [1.82, 2.24) is 19.3 Å². The van der Waals surface area contributed by atoms with Crippen molar-refractivity contribution in [2.45, 2.75) is 45.3 Å². The quantitative estimate of drug-likeness (QED) is 0.910. The summed E-state index contributed by atoms with van der Waals surface area (Å²) < 4.78 is 9.76. The monoisotopic (exact) mass is 263 g/mol. The number of fused-ring (bicyclic) bond motifs is 1. The third-order valence-electron chi connectivity index (χ3n) is 3.95. The fraction of sp³-hybridized carbons (Fsp3) is 0.692. The van der Waals surface area contributed by atoms with Gasteiger partial charge in [0.15, 0.2) is 5.65 Å². The number of ether oxygens (including phenoxy) is 1. The Morgan fingerprint density at radius 3 is 2.89 bits per heavy atom.